The molecule has 0 unspecified atom stereocenters. The minimum absolute atomic E-state index is 0.0806. The van der Waals surface area contributed by atoms with E-state index in [1.54, 1.807) is 13.8 Å². The van der Waals surface area contributed by atoms with Gasteiger partial charge in [0.15, 0.2) is 0 Å². The second-order valence-electron chi connectivity index (χ2n) is 4.67. The zero-order valence-corrected chi connectivity index (χ0v) is 13.6. The Morgan fingerprint density at radius 3 is 2.23 bits per heavy atom. The molecule has 0 aliphatic rings. The van der Waals surface area contributed by atoms with E-state index in [1.807, 2.05) is 0 Å². The van der Waals surface area contributed by atoms with Crippen molar-refractivity contribution in [2.75, 3.05) is 0 Å². The van der Waals surface area contributed by atoms with Gasteiger partial charge in [-0.15, -0.1) is 0 Å². The highest BCUT2D eigenvalue weighted by Gasteiger charge is 2.21. The van der Waals surface area contributed by atoms with Gasteiger partial charge >= 0.3 is 5.69 Å². The predicted molar refractivity (Wildman–Crippen MR) is 86.3 cm³/mol. The zero-order valence-electron chi connectivity index (χ0n) is 12.1. The molecule has 1 aromatic heterocycles. The van der Waals surface area contributed by atoms with Gasteiger partial charge in [-0.2, -0.15) is 0 Å². The maximum absolute atomic E-state index is 12.8. The molecule has 1 aromatic carbocycles. The first-order valence-electron chi connectivity index (χ1n) is 6.75. The summed E-state index contributed by atoms with van der Waals surface area (Å²) < 4.78 is 1.25. The Morgan fingerprint density at radius 1 is 1.14 bits per heavy atom. The summed E-state index contributed by atoms with van der Waals surface area (Å²) in [5.41, 5.74) is -0.575. The Balaban J connectivity index is 2.77. The van der Waals surface area contributed by atoms with E-state index in [0.29, 0.717) is 16.5 Å². The van der Waals surface area contributed by atoms with Gasteiger partial charge in [0.2, 0.25) is 5.78 Å². The van der Waals surface area contributed by atoms with Gasteiger partial charge in [-0.25, -0.2) is 4.79 Å². The number of carbonyl (C=O) groups excluding carboxylic acids is 1. The third kappa shape index (κ3) is 3.00. The molecule has 0 atom stereocenters. The molecular formula is C15H14Cl2N2O3. The molecule has 2 aromatic rings. The quantitative estimate of drug-likeness (QED) is 0.869. The molecule has 0 radical (unpaired) electrons. The molecule has 0 fully saturated rings. The standard InChI is InChI=1S/C15H14Cl2N2O3/c1-3-11-12(19(4-2)15(22)18-14(11)21)13(20)8-5-9(16)7-10(17)6-8/h5-7H,3-4H2,1-2H3,(H,18,21,22). The lowest BCUT2D eigenvalue weighted by Gasteiger charge is -2.13. The third-order valence-corrected chi connectivity index (χ3v) is 3.74. The first-order valence-corrected chi connectivity index (χ1v) is 7.51. The van der Waals surface area contributed by atoms with E-state index in [0.717, 1.165) is 0 Å². The van der Waals surface area contributed by atoms with Crippen LogP contribution in [0.2, 0.25) is 10.0 Å². The minimum atomic E-state index is -0.610. The van der Waals surface area contributed by atoms with E-state index >= 15 is 0 Å². The van der Waals surface area contributed by atoms with Crippen molar-refractivity contribution in [3.05, 3.63) is 65.9 Å². The fraction of sp³-hybridized carbons (Fsp3) is 0.267. The summed E-state index contributed by atoms with van der Waals surface area (Å²) in [6.45, 7) is 3.73. The van der Waals surface area contributed by atoms with Crippen molar-refractivity contribution >= 4 is 29.0 Å². The lowest BCUT2D eigenvalue weighted by molar-refractivity contribution is 0.102. The van der Waals surface area contributed by atoms with Gasteiger partial charge in [-0.05, 0) is 31.5 Å². The summed E-state index contributed by atoms with van der Waals surface area (Å²) in [6.07, 6.45) is 0.324. The van der Waals surface area contributed by atoms with Crippen molar-refractivity contribution in [1.29, 1.82) is 0 Å². The third-order valence-electron chi connectivity index (χ3n) is 3.31. The van der Waals surface area contributed by atoms with E-state index in [2.05, 4.69) is 4.98 Å². The first kappa shape index (κ1) is 16.5. The molecular weight excluding hydrogens is 327 g/mol. The number of rotatable bonds is 4. The monoisotopic (exact) mass is 340 g/mol. The normalized spacial score (nSPS) is 10.7. The van der Waals surface area contributed by atoms with Gasteiger partial charge in [-0.1, -0.05) is 30.1 Å². The number of benzene rings is 1. The molecule has 2 rings (SSSR count). The summed E-state index contributed by atoms with van der Waals surface area (Å²) >= 11 is 11.8. The van der Waals surface area contributed by atoms with Crippen LogP contribution in [0.3, 0.4) is 0 Å². The van der Waals surface area contributed by atoms with Crippen LogP contribution < -0.4 is 11.2 Å². The van der Waals surface area contributed by atoms with Crippen LogP contribution in [-0.4, -0.2) is 15.3 Å². The highest BCUT2D eigenvalue weighted by atomic mass is 35.5. The Kier molecular flexibility index (Phi) is 4.88. The molecule has 0 aliphatic heterocycles. The van der Waals surface area contributed by atoms with Crippen molar-refractivity contribution < 1.29 is 4.79 Å². The smallest absolute Gasteiger partial charge is 0.290 e. The molecule has 22 heavy (non-hydrogen) atoms. The van der Waals surface area contributed by atoms with Crippen LogP contribution in [0.25, 0.3) is 0 Å². The Labute approximate surface area is 136 Å². The van der Waals surface area contributed by atoms with Crippen LogP contribution in [-0.2, 0) is 13.0 Å². The highest BCUT2D eigenvalue weighted by Crippen LogP contribution is 2.21. The van der Waals surface area contributed by atoms with Crippen LogP contribution in [0.15, 0.2) is 27.8 Å². The fourth-order valence-electron chi connectivity index (χ4n) is 2.32. The van der Waals surface area contributed by atoms with Gasteiger partial charge < -0.3 is 0 Å². The number of nitrogens with zero attached hydrogens (tertiary/aromatic N) is 1. The van der Waals surface area contributed by atoms with Crippen LogP contribution in [0.4, 0.5) is 0 Å². The van der Waals surface area contributed by atoms with E-state index in [4.69, 9.17) is 23.2 Å². The lowest BCUT2D eigenvalue weighted by atomic mass is 10.0. The average Bonchev–Trinajstić information content (AvgIpc) is 2.44. The Bertz CT molecular complexity index is 796. The minimum Gasteiger partial charge on any atom is -0.290 e. The number of carbonyl (C=O) groups is 1. The molecule has 0 bridgehead atoms. The molecule has 0 saturated heterocycles. The Morgan fingerprint density at radius 2 is 1.73 bits per heavy atom. The summed E-state index contributed by atoms with van der Waals surface area (Å²) in [5.74, 6) is -0.452. The van der Waals surface area contributed by atoms with E-state index in [1.165, 1.54) is 22.8 Å². The number of aromatic nitrogens is 2. The fourth-order valence-corrected chi connectivity index (χ4v) is 2.85. The highest BCUT2D eigenvalue weighted by molar-refractivity contribution is 6.35. The zero-order chi connectivity index (χ0) is 16.4. The van der Waals surface area contributed by atoms with E-state index < -0.39 is 17.0 Å². The molecule has 0 amide bonds. The number of ketones is 1. The van der Waals surface area contributed by atoms with Crippen molar-refractivity contribution in [1.82, 2.24) is 9.55 Å². The SMILES string of the molecule is CCc1c(C(=O)c2cc(Cl)cc(Cl)c2)n(CC)c(=O)[nH]c1=O. The number of nitrogens with one attached hydrogen (secondary N) is 1. The molecule has 5 nitrogen and oxygen atoms in total. The first-order chi connectivity index (χ1) is 10.4. The molecule has 0 spiro atoms. The summed E-state index contributed by atoms with van der Waals surface area (Å²) in [5, 5.41) is 0.619. The second-order valence-corrected chi connectivity index (χ2v) is 5.54. The predicted octanol–water partition coefficient (Wildman–Crippen LogP) is 2.66. The van der Waals surface area contributed by atoms with E-state index in [9.17, 15) is 14.4 Å². The largest absolute Gasteiger partial charge is 0.328 e. The lowest BCUT2D eigenvalue weighted by Crippen LogP contribution is -2.37. The molecule has 7 heteroatoms. The second kappa shape index (κ2) is 6.50. The van der Waals surface area contributed by atoms with Crippen molar-refractivity contribution in [3.63, 3.8) is 0 Å². The van der Waals surface area contributed by atoms with Crippen LogP contribution >= 0.6 is 23.2 Å². The number of hydrogen-bond donors (Lipinski definition) is 1. The van der Waals surface area contributed by atoms with Crippen molar-refractivity contribution in [3.8, 4) is 0 Å². The maximum atomic E-state index is 12.8. The van der Waals surface area contributed by atoms with Crippen molar-refractivity contribution in [2.45, 2.75) is 26.8 Å². The van der Waals surface area contributed by atoms with Crippen molar-refractivity contribution in [2.24, 2.45) is 0 Å². The molecule has 0 saturated carbocycles. The number of halogens is 2. The van der Waals surface area contributed by atoms with E-state index in [-0.39, 0.29) is 23.4 Å². The van der Waals surface area contributed by atoms with Gasteiger partial charge in [0.05, 0.1) is 0 Å². The Hall–Kier alpha value is -1.85. The molecule has 1 N–H and O–H groups in total. The van der Waals surface area contributed by atoms with Crippen LogP contribution in [0, 0.1) is 0 Å². The molecule has 0 aliphatic carbocycles. The van der Waals surface area contributed by atoms with Gasteiger partial charge in [-0.3, -0.25) is 19.1 Å². The maximum Gasteiger partial charge on any atom is 0.328 e. The number of aromatic amines is 1. The summed E-state index contributed by atoms with van der Waals surface area (Å²) in [7, 11) is 0. The van der Waals surface area contributed by atoms with Crippen LogP contribution in [0.5, 0.6) is 0 Å². The number of H-pyrrole nitrogens is 1. The topological polar surface area (TPSA) is 71.9 Å². The summed E-state index contributed by atoms with van der Waals surface area (Å²) in [6, 6.07) is 4.42. The number of hydrogen-bond acceptors (Lipinski definition) is 3. The molecule has 116 valence electrons. The van der Waals surface area contributed by atoms with Gasteiger partial charge in [0.1, 0.15) is 5.69 Å². The van der Waals surface area contributed by atoms with Crippen LogP contribution in [0.1, 0.15) is 35.5 Å². The summed E-state index contributed by atoms with van der Waals surface area (Å²) in [4.78, 5) is 38.9. The van der Waals surface area contributed by atoms with Gasteiger partial charge in [0, 0.05) is 27.7 Å². The molecule has 1 heterocycles. The average molecular weight is 341 g/mol. The van der Waals surface area contributed by atoms with Gasteiger partial charge in [0.25, 0.3) is 5.56 Å².